The summed E-state index contributed by atoms with van der Waals surface area (Å²) in [5.41, 5.74) is 5.54. The third kappa shape index (κ3) is 8.91. The van der Waals surface area contributed by atoms with E-state index in [0.717, 1.165) is 47.6 Å². The van der Waals surface area contributed by atoms with Crippen LogP contribution in [0.25, 0.3) is 0 Å². The Morgan fingerprint density at radius 1 is 0.737 bits per heavy atom. The van der Waals surface area contributed by atoms with Crippen LogP contribution in [0.5, 0.6) is 11.5 Å². The number of aliphatic hydroxyl groups excluding tert-OH is 1. The van der Waals surface area contributed by atoms with Gasteiger partial charge in [0, 0.05) is 6.42 Å². The Labute approximate surface area is 233 Å². The van der Waals surface area contributed by atoms with Crippen molar-refractivity contribution in [3.05, 3.63) is 131 Å². The highest BCUT2D eigenvalue weighted by molar-refractivity contribution is 5.37. The van der Waals surface area contributed by atoms with Crippen LogP contribution in [0.4, 0.5) is 0 Å². The molecule has 4 rings (SSSR count). The summed E-state index contributed by atoms with van der Waals surface area (Å²) in [6.45, 7) is 6.17. The first-order valence-electron chi connectivity index (χ1n) is 13.1. The van der Waals surface area contributed by atoms with Gasteiger partial charge >= 0.3 is 0 Å². The summed E-state index contributed by atoms with van der Waals surface area (Å²) in [6.07, 6.45) is 1.48. The minimum absolute atomic E-state index is 0. The maximum absolute atomic E-state index is 10.9. The quantitative estimate of drug-likeness (QED) is 0.261. The van der Waals surface area contributed by atoms with Gasteiger partial charge in [-0.3, -0.25) is 0 Å². The van der Waals surface area contributed by atoms with E-state index in [1.807, 2.05) is 67.6 Å². The van der Waals surface area contributed by atoms with Crippen LogP contribution in [-0.2, 0) is 19.6 Å². The maximum atomic E-state index is 10.9. The fourth-order valence-electron chi connectivity index (χ4n) is 4.40. The van der Waals surface area contributed by atoms with Gasteiger partial charge in [0.1, 0.15) is 36.9 Å². The van der Waals surface area contributed by atoms with Crippen LogP contribution in [0, 0.1) is 6.92 Å². The van der Waals surface area contributed by atoms with Gasteiger partial charge in [0.05, 0.1) is 6.54 Å². The van der Waals surface area contributed by atoms with E-state index < -0.39 is 6.10 Å². The Balaban J connectivity index is 0.00000400. The zero-order valence-electron chi connectivity index (χ0n) is 22.2. The molecule has 0 bridgehead atoms. The van der Waals surface area contributed by atoms with Crippen molar-refractivity contribution in [2.24, 2.45) is 0 Å². The normalized spacial score (nSPS) is 12.3. The second-order valence-electron chi connectivity index (χ2n) is 9.65. The second-order valence-corrected chi connectivity index (χ2v) is 9.65. The Kier molecular flexibility index (Phi) is 11.7. The van der Waals surface area contributed by atoms with Crippen LogP contribution in [0.2, 0.25) is 0 Å². The highest BCUT2D eigenvalue weighted by atomic mass is 35.5. The lowest BCUT2D eigenvalue weighted by Crippen LogP contribution is -3.00. The minimum atomic E-state index is -0.531. The molecule has 0 amide bonds. The molecule has 0 aliphatic carbocycles. The van der Waals surface area contributed by atoms with Gasteiger partial charge in [-0.2, -0.15) is 0 Å². The summed E-state index contributed by atoms with van der Waals surface area (Å²) >= 11 is 0. The summed E-state index contributed by atoms with van der Waals surface area (Å²) in [6, 6.07) is 34.8. The van der Waals surface area contributed by atoms with Crippen LogP contribution in [-0.4, -0.2) is 17.7 Å². The summed E-state index contributed by atoms with van der Waals surface area (Å²) in [5, 5.41) is 13.2. The number of ether oxygens (including phenoxy) is 2. The van der Waals surface area contributed by atoms with E-state index in [0.29, 0.717) is 13.2 Å². The van der Waals surface area contributed by atoms with E-state index in [4.69, 9.17) is 9.47 Å². The fraction of sp³-hybridized carbons (Fsp3) is 0.273. The maximum Gasteiger partial charge on any atom is 0.130 e. The minimum Gasteiger partial charge on any atom is -1.00 e. The average Bonchev–Trinajstić information content (AvgIpc) is 2.94. The number of halogens is 1. The van der Waals surface area contributed by atoms with Crippen LogP contribution >= 0.6 is 0 Å². The molecule has 38 heavy (non-hydrogen) atoms. The van der Waals surface area contributed by atoms with Crippen molar-refractivity contribution < 1.29 is 32.3 Å². The van der Waals surface area contributed by atoms with Gasteiger partial charge in [-0.1, -0.05) is 78.9 Å². The molecule has 4 nitrogen and oxygen atoms in total. The first-order valence-corrected chi connectivity index (χ1v) is 13.1. The molecular formula is C33H38ClNO3. The van der Waals surface area contributed by atoms with Crippen LogP contribution in [0.1, 0.15) is 47.3 Å². The topological polar surface area (TPSA) is 55.3 Å². The third-order valence-corrected chi connectivity index (χ3v) is 6.63. The monoisotopic (exact) mass is 531 g/mol. The number of hydrogen-bond donors (Lipinski definition) is 2. The molecule has 0 radical (unpaired) electrons. The number of benzene rings is 4. The van der Waals surface area contributed by atoms with E-state index in [1.54, 1.807) is 0 Å². The summed E-state index contributed by atoms with van der Waals surface area (Å²) in [4.78, 5) is 0. The number of quaternary nitrogens is 1. The van der Waals surface area contributed by atoms with Gasteiger partial charge in [0.15, 0.2) is 0 Å². The van der Waals surface area contributed by atoms with E-state index in [9.17, 15) is 5.11 Å². The van der Waals surface area contributed by atoms with Crippen LogP contribution in [0.15, 0.2) is 103 Å². The SMILES string of the molecule is Cc1cc(C(O)C(C)[NH2+]CCCc2cccc(OCc3ccccc3)c2)ccc1OCc1ccccc1.[Cl-]. The lowest BCUT2D eigenvalue weighted by atomic mass is 10.0. The molecule has 200 valence electrons. The zero-order chi connectivity index (χ0) is 25.9. The Bertz CT molecular complexity index is 1230. The van der Waals surface area contributed by atoms with Gasteiger partial charge in [-0.05, 0) is 72.4 Å². The average molecular weight is 532 g/mol. The Hall–Kier alpha value is -3.31. The summed E-state index contributed by atoms with van der Waals surface area (Å²) in [5.74, 6) is 1.76. The largest absolute Gasteiger partial charge is 1.00 e. The molecule has 0 aromatic heterocycles. The van der Waals surface area contributed by atoms with Gasteiger partial charge < -0.3 is 32.3 Å². The van der Waals surface area contributed by atoms with E-state index in [-0.39, 0.29) is 18.4 Å². The van der Waals surface area contributed by atoms with Crippen molar-refractivity contribution in [2.45, 2.75) is 52.0 Å². The number of aliphatic hydroxyl groups is 1. The number of rotatable bonds is 13. The van der Waals surface area contributed by atoms with Crippen LogP contribution < -0.4 is 27.2 Å². The van der Waals surface area contributed by atoms with Gasteiger partial charge in [-0.25, -0.2) is 0 Å². The molecular weight excluding hydrogens is 494 g/mol. The molecule has 0 heterocycles. The summed E-state index contributed by atoms with van der Waals surface area (Å²) < 4.78 is 12.0. The zero-order valence-corrected chi connectivity index (χ0v) is 23.0. The first kappa shape index (κ1) is 29.2. The number of aryl methyl sites for hydroxylation is 2. The molecule has 2 unspecified atom stereocenters. The Morgan fingerprint density at radius 3 is 2.03 bits per heavy atom. The smallest absolute Gasteiger partial charge is 0.130 e. The predicted molar refractivity (Wildman–Crippen MR) is 149 cm³/mol. The van der Waals surface area contributed by atoms with Gasteiger partial charge in [0.2, 0.25) is 0 Å². The molecule has 2 atom stereocenters. The van der Waals surface area contributed by atoms with E-state index in [1.165, 1.54) is 11.1 Å². The highest BCUT2D eigenvalue weighted by Gasteiger charge is 2.20. The standard InChI is InChI=1S/C33H37NO3.ClH/c1-25-21-30(18-19-32(25)37-24-29-13-7-4-8-14-29)33(35)26(2)34-20-10-16-27-15-9-17-31(22-27)36-23-28-11-5-3-6-12-28;/h3-9,11-15,17-19,21-22,26,33-35H,10,16,20,23-24H2,1-2H3;1H. The highest BCUT2D eigenvalue weighted by Crippen LogP contribution is 2.25. The van der Waals surface area contributed by atoms with Crippen molar-refractivity contribution in [1.82, 2.24) is 0 Å². The van der Waals surface area contributed by atoms with E-state index >= 15 is 0 Å². The van der Waals surface area contributed by atoms with Crippen molar-refractivity contribution in [3.63, 3.8) is 0 Å². The number of nitrogens with two attached hydrogens (primary N) is 1. The molecule has 0 aliphatic rings. The first-order chi connectivity index (χ1) is 18.1. The van der Waals surface area contributed by atoms with Crippen molar-refractivity contribution in [1.29, 1.82) is 0 Å². The van der Waals surface area contributed by atoms with E-state index in [2.05, 4.69) is 54.7 Å². The van der Waals surface area contributed by atoms with Gasteiger partial charge in [0.25, 0.3) is 0 Å². The van der Waals surface area contributed by atoms with Crippen LogP contribution in [0.3, 0.4) is 0 Å². The lowest BCUT2D eigenvalue weighted by Gasteiger charge is -2.19. The van der Waals surface area contributed by atoms with Crippen molar-refractivity contribution in [2.75, 3.05) is 6.54 Å². The summed E-state index contributed by atoms with van der Waals surface area (Å²) in [7, 11) is 0. The molecule has 0 aliphatic heterocycles. The molecule has 5 heteroatoms. The third-order valence-electron chi connectivity index (χ3n) is 6.63. The number of hydrogen-bond acceptors (Lipinski definition) is 3. The molecule has 3 N–H and O–H groups in total. The predicted octanol–water partition coefficient (Wildman–Crippen LogP) is 2.78. The Morgan fingerprint density at radius 2 is 1.37 bits per heavy atom. The molecule has 4 aromatic rings. The molecule has 0 fully saturated rings. The van der Waals surface area contributed by atoms with Crippen molar-refractivity contribution >= 4 is 0 Å². The molecule has 4 aromatic carbocycles. The van der Waals surface area contributed by atoms with Crippen molar-refractivity contribution in [3.8, 4) is 11.5 Å². The molecule has 0 spiro atoms. The van der Waals surface area contributed by atoms with Gasteiger partial charge in [-0.15, -0.1) is 0 Å². The fourth-order valence-corrected chi connectivity index (χ4v) is 4.40. The second kappa shape index (κ2) is 15.2. The molecule has 0 saturated carbocycles. The molecule has 0 saturated heterocycles. The lowest BCUT2D eigenvalue weighted by molar-refractivity contribution is -0.694.